The highest BCUT2D eigenvalue weighted by atomic mass is 16.5. The molecule has 0 aromatic heterocycles. The van der Waals surface area contributed by atoms with E-state index in [1.54, 1.807) is 13.2 Å². The van der Waals surface area contributed by atoms with Crippen LogP contribution in [0.2, 0.25) is 0 Å². The molecule has 1 unspecified atom stereocenters. The van der Waals surface area contributed by atoms with Crippen LogP contribution in [0.4, 0.5) is 0 Å². The van der Waals surface area contributed by atoms with E-state index >= 15 is 0 Å². The Balaban J connectivity index is 3.14. The van der Waals surface area contributed by atoms with Gasteiger partial charge in [-0.2, -0.15) is 0 Å². The first-order valence-corrected chi connectivity index (χ1v) is 4.22. The highest BCUT2D eigenvalue weighted by Gasteiger charge is 2.07. The van der Waals surface area contributed by atoms with Crippen molar-refractivity contribution in [2.45, 2.75) is 13.0 Å². The third kappa shape index (κ3) is 1.90. The lowest BCUT2D eigenvalue weighted by Gasteiger charge is -2.13. The number of hydrogen-bond donors (Lipinski definition) is 1. The molecule has 0 aliphatic rings. The number of benzene rings is 1. The van der Waals surface area contributed by atoms with Crippen molar-refractivity contribution >= 4 is 0 Å². The summed E-state index contributed by atoms with van der Waals surface area (Å²) in [5.41, 5.74) is 7.99. The lowest BCUT2D eigenvalue weighted by molar-refractivity contribution is 0.411. The van der Waals surface area contributed by atoms with Gasteiger partial charge < -0.3 is 10.5 Å². The average molecular weight is 177 g/mol. The number of ether oxygens (including phenoxy) is 1. The SMILES string of the molecule is C=CC(N)c1cccc(OC)c1C. The molecule has 0 aliphatic heterocycles. The Morgan fingerprint density at radius 1 is 1.54 bits per heavy atom. The third-order valence-corrected chi connectivity index (χ3v) is 2.16. The quantitative estimate of drug-likeness (QED) is 0.718. The van der Waals surface area contributed by atoms with Crippen molar-refractivity contribution in [2.24, 2.45) is 5.73 Å². The molecule has 0 spiro atoms. The fourth-order valence-electron chi connectivity index (χ4n) is 1.34. The van der Waals surface area contributed by atoms with E-state index in [0.29, 0.717) is 0 Å². The van der Waals surface area contributed by atoms with Gasteiger partial charge in [-0.3, -0.25) is 0 Å². The van der Waals surface area contributed by atoms with Gasteiger partial charge in [0, 0.05) is 6.04 Å². The molecule has 0 heterocycles. The van der Waals surface area contributed by atoms with E-state index < -0.39 is 0 Å². The summed E-state index contributed by atoms with van der Waals surface area (Å²) in [6.45, 7) is 5.67. The maximum atomic E-state index is 5.85. The second-order valence-corrected chi connectivity index (χ2v) is 2.94. The van der Waals surface area contributed by atoms with Gasteiger partial charge in [-0.15, -0.1) is 6.58 Å². The molecule has 2 N–H and O–H groups in total. The van der Waals surface area contributed by atoms with Crippen molar-refractivity contribution in [3.63, 3.8) is 0 Å². The zero-order valence-corrected chi connectivity index (χ0v) is 8.08. The predicted octanol–water partition coefficient (Wildman–Crippen LogP) is 2.19. The fourth-order valence-corrected chi connectivity index (χ4v) is 1.34. The van der Waals surface area contributed by atoms with E-state index in [1.165, 1.54) is 0 Å². The van der Waals surface area contributed by atoms with Gasteiger partial charge in [0.15, 0.2) is 0 Å². The smallest absolute Gasteiger partial charge is 0.122 e. The molecular formula is C11H15NO. The standard InChI is InChI=1S/C11H15NO/c1-4-10(12)9-6-5-7-11(13-3)8(9)2/h4-7,10H,1,12H2,2-3H3. The molecule has 0 aliphatic carbocycles. The first-order valence-electron chi connectivity index (χ1n) is 4.22. The summed E-state index contributed by atoms with van der Waals surface area (Å²) in [6.07, 6.45) is 1.72. The number of rotatable bonds is 3. The van der Waals surface area contributed by atoms with E-state index in [9.17, 15) is 0 Å². The highest BCUT2D eigenvalue weighted by Crippen LogP contribution is 2.24. The third-order valence-electron chi connectivity index (χ3n) is 2.16. The second kappa shape index (κ2) is 4.10. The zero-order valence-electron chi connectivity index (χ0n) is 8.08. The molecule has 0 fully saturated rings. The first-order chi connectivity index (χ1) is 6.20. The second-order valence-electron chi connectivity index (χ2n) is 2.94. The van der Waals surface area contributed by atoms with Crippen LogP contribution in [-0.4, -0.2) is 7.11 Å². The van der Waals surface area contributed by atoms with E-state index in [-0.39, 0.29) is 6.04 Å². The van der Waals surface area contributed by atoms with Gasteiger partial charge in [-0.05, 0) is 24.1 Å². The summed E-state index contributed by atoms with van der Waals surface area (Å²) in [5, 5.41) is 0. The number of hydrogen-bond acceptors (Lipinski definition) is 2. The molecule has 0 saturated heterocycles. The topological polar surface area (TPSA) is 35.2 Å². The van der Waals surface area contributed by atoms with E-state index in [1.807, 2.05) is 25.1 Å². The van der Waals surface area contributed by atoms with Crippen LogP contribution in [0.5, 0.6) is 5.75 Å². The Morgan fingerprint density at radius 3 is 2.77 bits per heavy atom. The Labute approximate surface area is 79.0 Å². The van der Waals surface area contributed by atoms with Crippen molar-refractivity contribution < 1.29 is 4.74 Å². The lowest BCUT2D eigenvalue weighted by Crippen LogP contribution is -2.08. The molecule has 0 bridgehead atoms. The van der Waals surface area contributed by atoms with Crippen LogP contribution in [0.25, 0.3) is 0 Å². The molecular weight excluding hydrogens is 162 g/mol. The van der Waals surface area contributed by atoms with Gasteiger partial charge >= 0.3 is 0 Å². The Hall–Kier alpha value is -1.28. The van der Waals surface area contributed by atoms with Crippen molar-refractivity contribution in [1.82, 2.24) is 0 Å². The largest absolute Gasteiger partial charge is 0.496 e. The lowest BCUT2D eigenvalue weighted by atomic mass is 10.0. The predicted molar refractivity (Wildman–Crippen MR) is 54.9 cm³/mol. The summed E-state index contributed by atoms with van der Waals surface area (Å²) in [6, 6.07) is 5.73. The van der Waals surface area contributed by atoms with Crippen LogP contribution in [0.3, 0.4) is 0 Å². The number of nitrogens with two attached hydrogens (primary N) is 1. The molecule has 2 nitrogen and oxygen atoms in total. The average Bonchev–Trinajstić information content (AvgIpc) is 2.17. The van der Waals surface area contributed by atoms with Gasteiger partial charge in [-0.1, -0.05) is 18.2 Å². The zero-order chi connectivity index (χ0) is 9.84. The molecule has 0 saturated carbocycles. The van der Waals surface area contributed by atoms with E-state index in [0.717, 1.165) is 16.9 Å². The maximum absolute atomic E-state index is 5.85. The maximum Gasteiger partial charge on any atom is 0.122 e. The van der Waals surface area contributed by atoms with Crippen LogP contribution in [0.15, 0.2) is 30.9 Å². The van der Waals surface area contributed by atoms with Crippen LogP contribution in [-0.2, 0) is 0 Å². The van der Waals surface area contributed by atoms with Gasteiger partial charge in [0.05, 0.1) is 7.11 Å². The fraction of sp³-hybridized carbons (Fsp3) is 0.273. The van der Waals surface area contributed by atoms with Gasteiger partial charge in [-0.25, -0.2) is 0 Å². The minimum absolute atomic E-state index is 0.116. The van der Waals surface area contributed by atoms with E-state index in [4.69, 9.17) is 10.5 Å². The van der Waals surface area contributed by atoms with Gasteiger partial charge in [0.1, 0.15) is 5.75 Å². The summed E-state index contributed by atoms with van der Waals surface area (Å²) in [7, 11) is 1.66. The normalized spacial score (nSPS) is 12.2. The van der Waals surface area contributed by atoms with E-state index in [2.05, 4.69) is 6.58 Å². The number of methoxy groups -OCH3 is 1. The summed E-state index contributed by atoms with van der Waals surface area (Å²) < 4.78 is 5.19. The molecule has 1 aromatic rings. The van der Waals surface area contributed by atoms with Crippen LogP contribution in [0.1, 0.15) is 17.2 Å². The van der Waals surface area contributed by atoms with Crippen LogP contribution in [0, 0.1) is 6.92 Å². The highest BCUT2D eigenvalue weighted by molar-refractivity contribution is 5.41. The summed E-state index contributed by atoms with van der Waals surface area (Å²) >= 11 is 0. The van der Waals surface area contributed by atoms with Gasteiger partial charge in [0.25, 0.3) is 0 Å². The van der Waals surface area contributed by atoms with Crippen molar-refractivity contribution in [3.05, 3.63) is 42.0 Å². The molecule has 13 heavy (non-hydrogen) atoms. The molecule has 2 heteroatoms. The van der Waals surface area contributed by atoms with Crippen molar-refractivity contribution in [2.75, 3.05) is 7.11 Å². The molecule has 1 aromatic carbocycles. The summed E-state index contributed by atoms with van der Waals surface area (Å²) in [4.78, 5) is 0. The van der Waals surface area contributed by atoms with Gasteiger partial charge in [0.2, 0.25) is 0 Å². The van der Waals surface area contributed by atoms with Crippen LogP contribution >= 0.6 is 0 Å². The summed E-state index contributed by atoms with van der Waals surface area (Å²) in [5.74, 6) is 0.870. The minimum atomic E-state index is -0.116. The molecule has 0 radical (unpaired) electrons. The molecule has 0 amide bonds. The first kappa shape index (κ1) is 9.81. The monoisotopic (exact) mass is 177 g/mol. The molecule has 1 atom stereocenters. The van der Waals surface area contributed by atoms with Crippen molar-refractivity contribution in [1.29, 1.82) is 0 Å². The Kier molecular flexibility index (Phi) is 3.09. The minimum Gasteiger partial charge on any atom is -0.496 e. The van der Waals surface area contributed by atoms with Crippen LogP contribution < -0.4 is 10.5 Å². The Morgan fingerprint density at radius 2 is 2.23 bits per heavy atom. The van der Waals surface area contributed by atoms with Crippen molar-refractivity contribution in [3.8, 4) is 5.75 Å². The molecule has 1 rings (SSSR count). The Bertz CT molecular complexity index is 307. The molecule has 70 valence electrons.